The van der Waals surface area contributed by atoms with Crippen molar-refractivity contribution < 1.29 is 5.11 Å². The SMILES string of the molecule is CN(Cc1ccccc1Br)C1CCCC1O. The first-order valence-corrected chi connectivity index (χ1v) is 6.59. The van der Waals surface area contributed by atoms with Gasteiger partial charge in [-0.1, -0.05) is 34.1 Å². The number of nitrogens with zero attached hydrogens (tertiary/aromatic N) is 1. The summed E-state index contributed by atoms with van der Waals surface area (Å²) >= 11 is 3.56. The Morgan fingerprint density at radius 2 is 2.12 bits per heavy atom. The minimum Gasteiger partial charge on any atom is -0.391 e. The Bertz CT molecular complexity index is 356. The van der Waals surface area contributed by atoms with Crippen molar-refractivity contribution in [1.29, 1.82) is 0 Å². The molecular formula is C13H18BrNO. The molecular weight excluding hydrogens is 266 g/mol. The summed E-state index contributed by atoms with van der Waals surface area (Å²) in [5, 5.41) is 9.85. The van der Waals surface area contributed by atoms with E-state index in [2.05, 4.69) is 46.1 Å². The van der Waals surface area contributed by atoms with Crippen LogP contribution in [-0.4, -0.2) is 29.2 Å². The monoisotopic (exact) mass is 283 g/mol. The van der Waals surface area contributed by atoms with Gasteiger partial charge in [-0.2, -0.15) is 0 Å². The van der Waals surface area contributed by atoms with Crippen LogP contribution < -0.4 is 0 Å². The summed E-state index contributed by atoms with van der Waals surface area (Å²) in [6, 6.07) is 8.60. The highest BCUT2D eigenvalue weighted by Crippen LogP contribution is 2.26. The molecule has 1 aliphatic rings. The molecule has 0 saturated heterocycles. The summed E-state index contributed by atoms with van der Waals surface area (Å²) in [5.41, 5.74) is 1.28. The Balaban J connectivity index is 2.02. The quantitative estimate of drug-likeness (QED) is 0.922. The summed E-state index contributed by atoms with van der Waals surface area (Å²) < 4.78 is 1.15. The lowest BCUT2D eigenvalue weighted by Gasteiger charge is -2.27. The summed E-state index contributed by atoms with van der Waals surface area (Å²) in [6.07, 6.45) is 3.06. The Labute approximate surface area is 105 Å². The summed E-state index contributed by atoms with van der Waals surface area (Å²) in [5.74, 6) is 0. The summed E-state index contributed by atoms with van der Waals surface area (Å²) in [4.78, 5) is 2.26. The van der Waals surface area contributed by atoms with Crippen molar-refractivity contribution in [2.24, 2.45) is 0 Å². The lowest BCUT2D eigenvalue weighted by molar-refractivity contribution is 0.0824. The van der Waals surface area contributed by atoms with Crippen molar-refractivity contribution in [1.82, 2.24) is 4.90 Å². The van der Waals surface area contributed by atoms with E-state index >= 15 is 0 Å². The van der Waals surface area contributed by atoms with E-state index in [9.17, 15) is 5.11 Å². The molecule has 1 aromatic rings. The zero-order chi connectivity index (χ0) is 11.5. The van der Waals surface area contributed by atoms with Crippen molar-refractivity contribution in [2.75, 3.05) is 7.05 Å². The van der Waals surface area contributed by atoms with Crippen LogP contribution >= 0.6 is 15.9 Å². The third kappa shape index (κ3) is 2.65. The fraction of sp³-hybridized carbons (Fsp3) is 0.538. The van der Waals surface area contributed by atoms with E-state index in [-0.39, 0.29) is 6.10 Å². The van der Waals surface area contributed by atoms with Crippen LogP contribution in [0.4, 0.5) is 0 Å². The zero-order valence-corrected chi connectivity index (χ0v) is 11.2. The number of aliphatic hydroxyl groups is 1. The maximum atomic E-state index is 9.85. The molecule has 16 heavy (non-hydrogen) atoms. The number of hydrogen-bond acceptors (Lipinski definition) is 2. The number of hydrogen-bond donors (Lipinski definition) is 1. The largest absolute Gasteiger partial charge is 0.391 e. The van der Waals surface area contributed by atoms with Gasteiger partial charge in [-0.05, 0) is 37.9 Å². The topological polar surface area (TPSA) is 23.5 Å². The number of rotatable bonds is 3. The Morgan fingerprint density at radius 1 is 1.38 bits per heavy atom. The lowest BCUT2D eigenvalue weighted by Crippen LogP contribution is -2.37. The molecule has 0 spiro atoms. The molecule has 2 nitrogen and oxygen atoms in total. The summed E-state index contributed by atoms with van der Waals surface area (Å²) in [7, 11) is 2.10. The van der Waals surface area contributed by atoms with Crippen LogP contribution in [0, 0.1) is 0 Å². The molecule has 0 radical (unpaired) electrons. The average molecular weight is 284 g/mol. The van der Waals surface area contributed by atoms with E-state index in [4.69, 9.17) is 0 Å². The van der Waals surface area contributed by atoms with Crippen LogP contribution in [0.25, 0.3) is 0 Å². The van der Waals surface area contributed by atoms with Crippen LogP contribution in [0.2, 0.25) is 0 Å². The van der Waals surface area contributed by atoms with Gasteiger partial charge in [0.15, 0.2) is 0 Å². The second-order valence-electron chi connectivity index (χ2n) is 4.57. The van der Waals surface area contributed by atoms with Gasteiger partial charge in [-0.15, -0.1) is 0 Å². The molecule has 1 fully saturated rings. The average Bonchev–Trinajstić information content (AvgIpc) is 2.68. The van der Waals surface area contributed by atoms with Crippen molar-refractivity contribution in [3.63, 3.8) is 0 Å². The smallest absolute Gasteiger partial charge is 0.0695 e. The molecule has 88 valence electrons. The number of likely N-dealkylation sites (N-methyl/N-ethyl adjacent to an activating group) is 1. The molecule has 3 heteroatoms. The van der Waals surface area contributed by atoms with Gasteiger partial charge < -0.3 is 5.11 Å². The molecule has 2 rings (SSSR count). The first-order chi connectivity index (χ1) is 7.68. The van der Waals surface area contributed by atoms with Gasteiger partial charge in [0.1, 0.15) is 0 Å². The normalized spacial score (nSPS) is 25.2. The third-order valence-corrected chi connectivity index (χ3v) is 4.16. The summed E-state index contributed by atoms with van der Waals surface area (Å²) in [6.45, 7) is 0.892. The highest BCUT2D eigenvalue weighted by molar-refractivity contribution is 9.10. The van der Waals surface area contributed by atoms with Crippen LogP contribution in [0.5, 0.6) is 0 Å². The van der Waals surface area contributed by atoms with Gasteiger partial charge in [0.25, 0.3) is 0 Å². The van der Waals surface area contributed by atoms with Crippen LogP contribution in [-0.2, 0) is 6.54 Å². The molecule has 1 aromatic carbocycles. The maximum absolute atomic E-state index is 9.85. The third-order valence-electron chi connectivity index (χ3n) is 3.39. The van der Waals surface area contributed by atoms with Crippen molar-refractivity contribution in [2.45, 2.75) is 38.0 Å². The highest BCUT2D eigenvalue weighted by Gasteiger charge is 2.28. The second-order valence-corrected chi connectivity index (χ2v) is 5.43. The minimum atomic E-state index is -0.146. The van der Waals surface area contributed by atoms with E-state index < -0.39 is 0 Å². The molecule has 0 aliphatic heterocycles. The predicted octanol–water partition coefficient (Wildman–Crippen LogP) is 2.79. The minimum absolute atomic E-state index is 0.146. The zero-order valence-electron chi connectivity index (χ0n) is 9.56. The van der Waals surface area contributed by atoms with E-state index in [1.54, 1.807) is 0 Å². The molecule has 1 N–H and O–H groups in total. The maximum Gasteiger partial charge on any atom is 0.0695 e. The first-order valence-electron chi connectivity index (χ1n) is 5.80. The molecule has 1 aliphatic carbocycles. The van der Waals surface area contributed by atoms with Crippen molar-refractivity contribution >= 4 is 15.9 Å². The fourth-order valence-corrected chi connectivity index (χ4v) is 2.86. The van der Waals surface area contributed by atoms with Gasteiger partial charge in [0, 0.05) is 17.1 Å². The fourth-order valence-electron chi connectivity index (χ4n) is 2.45. The lowest BCUT2D eigenvalue weighted by atomic mass is 10.1. The Kier molecular flexibility index (Phi) is 4.00. The molecule has 2 atom stereocenters. The van der Waals surface area contributed by atoms with Gasteiger partial charge in [0.2, 0.25) is 0 Å². The van der Waals surface area contributed by atoms with E-state index in [1.165, 1.54) is 5.56 Å². The molecule has 2 unspecified atom stereocenters. The van der Waals surface area contributed by atoms with Crippen LogP contribution in [0.3, 0.4) is 0 Å². The van der Waals surface area contributed by atoms with E-state index in [0.29, 0.717) is 6.04 Å². The molecule has 0 heterocycles. The number of benzene rings is 1. The van der Waals surface area contributed by atoms with E-state index in [1.807, 2.05) is 6.07 Å². The second kappa shape index (κ2) is 5.30. The highest BCUT2D eigenvalue weighted by atomic mass is 79.9. The Hall–Kier alpha value is -0.380. The first kappa shape index (κ1) is 12.1. The molecule has 0 aromatic heterocycles. The van der Waals surface area contributed by atoms with E-state index in [0.717, 1.165) is 30.3 Å². The van der Waals surface area contributed by atoms with Crippen molar-refractivity contribution in [3.05, 3.63) is 34.3 Å². The van der Waals surface area contributed by atoms with Gasteiger partial charge in [-0.3, -0.25) is 4.90 Å². The van der Waals surface area contributed by atoms with Crippen molar-refractivity contribution in [3.8, 4) is 0 Å². The molecule has 0 amide bonds. The predicted molar refractivity (Wildman–Crippen MR) is 69.3 cm³/mol. The Morgan fingerprint density at radius 3 is 2.75 bits per heavy atom. The number of halogens is 1. The molecule has 1 saturated carbocycles. The van der Waals surface area contributed by atoms with Gasteiger partial charge >= 0.3 is 0 Å². The van der Waals surface area contributed by atoms with Crippen LogP contribution in [0.15, 0.2) is 28.7 Å². The van der Waals surface area contributed by atoms with Gasteiger partial charge in [0.05, 0.1) is 6.10 Å². The number of aliphatic hydroxyl groups excluding tert-OH is 1. The van der Waals surface area contributed by atoms with Gasteiger partial charge in [-0.25, -0.2) is 0 Å². The molecule has 0 bridgehead atoms. The standard InChI is InChI=1S/C13H18BrNO/c1-15(12-7-4-8-13(12)16)9-10-5-2-3-6-11(10)14/h2-3,5-6,12-13,16H,4,7-9H2,1H3. The van der Waals surface area contributed by atoms with Crippen LogP contribution in [0.1, 0.15) is 24.8 Å².